The van der Waals surface area contributed by atoms with Gasteiger partial charge in [0.05, 0.1) is 0 Å². The molecule has 0 radical (unpaired) electrons. The highest BCUT2D eigenvalue weighted by molar-refractivity contribution is 7.98. The maximum Gasteiger partial charge on any atom is 0.0317 e. The first kappa shape index (κ1) is 11.8. The maximum absolute atomic E-state index is 5.82. The number of nitrogens with zero attached hydrogens (tertiary/aromatic N) is 1. The Labute approximate surface area is 102 Å². The Morgan fingerprint density at radius 3 is 2.81 bits per heavy atom. The summed E-state index contributed by atoms with van der Waals surface area (Å²) in [6.45, 7) is 4.44. The Hall–Kier alpha value is -0.670. The zero-order valence-corrected chi connectivity index (χ0v) is 10.9. The molecule has 0 saturated carbocycles. The van der Waals surface area contributed by atoms with E-state index < -0.39 is 0 Å². The van der Waals surface area contributed by atoms with Crippen LogP contribution in [0.4, 0.5) is 5.69 Å². The first-order valence-electron chi connectivity index (χ1n) is 5.84. The van der Waals surface area contributed by atoms with Gasteiger partial charge in [0, 0.05) is 30.6 Å². The summed E-state index contributed by atoms with van der Waals surface area (Å²) in [7, 11) is 0. The molecular weight excluding hydrogens is 216 g/mol. The molecule has 0 bridgehead atoms. The topological polar surface area (TPSA) is 29.3 Å². The number of hydrogen-bond acceptors (Lipinski definition) is 3. The van der Waals surface area contributed by atoms with E-state index in [1.807, 2.05) is 17.8 Å². The van der Waals surface area contributed by atoms with Crippen LogP contribution in [-0.4, -0.2) is 23.0 Å². The van der Waals surface area contributed by atoms with E-state index in [2.05, 4.69) is 30.2 Å². The van der Waals surface area contributed by atoms with Gasteiger partial charge in [-0.2, -0.15) is 11.8 Å². The quantitative estimate of drug-likeness (QED) is 0.815. The molecule has 2 rings (SSSR count). The van der Waals surface area contributed by atoms with Crippen LogP contribution < -0.4 is 5.73 Å². The van der Waals surface area contributed by atoms with Gasteiger partial charge < -0.3 is 5.73 Å². The summed E-state index contributed by atoms with van der Waals surface area (Å²) >= 11 is 1.94. The second-order valence-corrected chi connectivity index (χ2v) is 5.36. The summed E-state index contributed by atoms with van der Waals surface area (Å²) in [5.74, 6) is 1.22. The zero-order valence-electron chi connectivity index (χ0n) is 10.1. The third kappa shape index (κ3) is 2.36. The summed E-state index contributed by atoms with van der Waals surface area (Å²) in [6, 6.07) is 7.01. The van der Waals surface area contributed by atoms with Crippen LogP contribution in [0.3, 0.4) is 0 Å². The van der Waals surface area contributed by atoms with Crippen LogP contribution in [0, 0.1) is 0 Å². The van der Waals surface area contributed by atoms with Crippen molar-refractivity contribution in [2.24, 2.45) is 0 Å². The second kappa shape index (κ2) is 5.11. The number of nitrogen functional groups attached to an aromatic ring is 1. The summed E-state index contributed by atoms with van der Waals surface area (Å²) in [4.78, 5) is 2.57. The first-order chi connectivity index (χ1) is 7.74. The van der Waals surface area contributed by atoms with Crippen molar-refractivity contribution in [3.63, 3.8) is 0 Å². The minimum atomic E-state index is 0.698. The van der Waals surface area contributed by atoms with Crippen molar-refractivity contribution >= 4 is 17.4 Å². The van der Waals surface area contributed by atoms with Crippen molar-refractivity contribution in [3.8, 4) is 0 Å². The van der Waals surface area contributed by atoms with E-state index in [9.17, 15) is 0 Å². The standard InChI is InChI=1S/C13H20N2S/c1-3-13(9-16-2)15-7-10-4-5-12(14)6-11(10)8-15/h4-6,13H,3,7-9,14H2,1-2H3. The van der Waals surface area contributed by atoms with E-state index in [0.717, 1.165) is 18.8 Å². The molecule has 0 aliphatic carbocycles. The summed E-state index contributed by atoms with van der Waals surface area (Å²) in [5, 5.41) is 0. The molecule has 0 spiro atoms. The van der Waals surface area contributed by atoms with Crippen LogP contribution in [0.15, 0.2) is 18.2 Å². The number of fused-ring (bicyclic) bond motifs is 1. The molecule has 2 N–H and O–H groups in total. The van der Waals surface area contributed by atoms with Crippen LogP contribution >= 0.6 is 11.8 Å². The molecule has 0 amide bonds. The van der Waals surface area contributed by atoms with E-state index in [0.29, 0.717) is 6.04 Å². The van der Waals surface area contributed by atoms with Crippen molar-refractivity contribution in [1.82, 2.24) is 4.90 Å². The molecule has 0 aromatic heterocycles. The molecule has 16 heavy (non-hydrogen) atoms. The minimum Gasteiger partial charge on any atom is -0.399 e. The number of hydrogen-bond donors (Lipinski definition) is 1. The van der Waals surface area contributed by atoms with Crippen LogP contribution in [0.5, 0.6) is 0 Å². The van der Waals surface area contributed by atoms with E-state index in [4.69, 9.17) is 5.73 Å². The van der Waals surface area contributed by atoms with Gasteiger partial charge in [-0.25, -0.2) is 0 Å². The van der Waals surface area contributed by atoms with Crippen molar-refractivity contribution in [2.45, 2.75) is 32.5 Å². The average Bonchev–Trinajstić information content (AvgIpc) is 2.68. The van der Waals surface area contributed by atoms with Gasteiger partial charge in [-0.3, -0.25) is 4.90 Å². The number of nitrogens with two attached hydrogens (primary N) is 1. The summed E-state index contributed by atoms with van der Waals surface area (Å²) in [5.41, 5.74) is 9.58. The number of benzene rings is 1. The molecule has 0 saturated heterocycles. The molecule has 2 nitrogen and oxygen atoms in total. The van der Waals surface area contributed by atoms with Gasteiger partial charge in [-0.05, 0) is 35.9 Å². The molecule has 1 atom stereocenters. The van der Waals surface area contributed by atoms with Crippen LogP contribution in [0.2, 0.25) is 0 Å². The lowest BCUT2D eigenvalue weighted by molar-refractivity contribution is 0.211. The highest BCUT2D eigenvalue weighted by atomic mass is 32.2. The van der Waals surface area contributed by atoms with Gasteiger partial charge in [-0.15, -0.1) is 0 Å². The van der Waals surface area contributed by atoms with Crippen LogP contribution in [0.25, 0.3) is 0 Å². The molecule has 3 heteroatoms. The largest absolute Gasteiger partial charge is 0.399 e. The fraction of sp³-hybridized carbons (Fsp3) is 0.538. The van der Waals surface area contributed by atoms with Crippen molar-refractivity contribution in [2.75, 3.05) is 17.7 Å². The Morgan fingerprint density at radius 1 is 1.38 bits per heavy atom. The number of anilines is 1. The summed E-state index contributed by atoms with van der Waals surface area (Å²) in [6.07, 6.45) is 3.41. The van der Waals surface area contributed by atoms with Gasteiger partial charge in [0.25, 0.3) is 0 Å². The van der Waals surface area contributed by atoms with Gasteiger partial charge in [0.15, 0.2) is 0 Å². The Morgan fingerprint density at radius 2 is 2.12 bits per heavy atom. The van der Waals surface area contributed by atoms with Crippen molar-refractivity contribution in [1.29, 1.82) is 0 Å². The molecule has 1 aliphatic heterocycles. The lowest BCUT2D eigenvalue weighted by Crippen LogP contribution is -2.32. The van der Waals surface area contributed by atoms with E-state index >= 15 is 0 Å². The normalized spacial score (nSPS) is 17.4. The SMILES string of the molecule is CCC(CSC)N1Cc2ccc(N)cc2C1. The van der Waals surface area contributed by atoms with E-state index in [-0.39, 0.29) is 0 Å². The average molecular weight is 236 g/mol. The monoisotopic (exact) mass is 236 g/mol. The highest BCUT2D eigenvalue weighted by Gasteiger charge is 2.24. The van der Waals surface area contributed by atoms with Crippen molar-refractivity contribution in [3.05, 3.63) is 29.3 Å². The molecule has 1 unspecified atom stereocenters. The number of thioether (sulfide) groups is 1. The van der Waals surface area contributed by atoms with Crippen LogP contribution in [0.1, 0.15) is 24.5 Å². The number of rotatable bonds is 4. The smallest absolute Gasteiger partial charge is 0.0317 e. The Kier molecular flexibility index (Phi) is 3.77. The molecule has 1 aromatic rings. The lowest BCUT2D eigenvalue weighted by Gasteiger charge is -2.25. The van der Waals surface area contributed by atoms with Gasteiger partial charge in [0.1, 0.15) is 0 Å². The highest BCUT2D eigenvalue weighted by Crippen LogP contribution is 2.27. The third-order valence-corrected chi connectivity index (χ3v) is 4.04. The predicted molar refractivity (Wildman–Crippen MR) is 72.6 cm³/mol. The van der Waals surface area contributed by atoms with Gasteiger partial charge >= 0.3 is 0 Å². The zero-order chi connectivity index (χ0) is 11.5. The Balaban J connectivity index is 2.09. The van der Waals surface area contributed by atoms with E-state index in [1.165, 1.54) is 23.3 Å². The molecule has 1 aromatic carbocycles. The fourth-order valence-electron chi connectivity index (χ4n) is 2.37. The molecule has 0 fully saturated rings. The van der Waals surface area contributed by atoms with Crippen LogP contribution in [-0.2, 0) is 13.1 Å². The predicted octanol–water partition coefficient (Wildman–Crippen LogP) is 2.73. The second-order valence-electron chi connectivity index (χ2n) is 4.45. The minimum absolute atomic E-state index is 0.698. The molecular formula is C13H20N2S. The van der Waals surface area contributed by atoms with Gasteiger partial charge in [-0.1, -0.05) is 13.0 Å². The van der Waals surface area contributed by atoms with Crippen molar-refractivity contribution < 1.29 is 0 Å². The van der Waals surface area contributed by atoms with Gasteiger partial charge in [0.2, 0.25) is 0 Å². The fourth-order valence-corrected chi connectivity index (χ4v) is 3.20. The third-order valence-electron chi connectivity index (χ3n) is 3.32. The lowest BCUT2D eigenvalue weighted by atomic mass is 10.1. The molecule has 1 heterocycles. The molecule has 1 aliphatic rings. The summed E-state index contributed by atoms with van der Waals surface area (Å²) < 4.78 is 0. The maximum atomic E-state index is 5.82. The first-order valence-corrected chi connectivity index (χ1v) is 7.24. The Bertz CT molecular complexity index is 365. The van der Waals surface area contributed by atoms with E-state index in [1.54, 1.807) is 0 Å². The molecule has 88 valence electrons.